The van der Waals surface area contributed by atoms with E-state index in [9.17, 15) is 4.79 Å². The van der Waals surface area contributed by atoms with Crippen molar-refractivity contribution in [3.05, 3.63) is 87.6 Å². The average molecular weight is 457 g/mol. The van der Waals surface area contributed by atoms with E-state index in [4.69, 9.17) is 14.4 Å². The molecule has 174 valence electrons. The molecule has 1 saturated heterocycles. The molecule has 2 aliphatic heterocycles. The first-order chi connectivity index (χ1) is 16.7. The van der Waals surface area contributed by atoms with Gasteiger partial charge in [0.2, 0.25) is 11.2 Å². The summed E-state index contributed by atoms with van der Waals surface area (Å²) in [4.78, 5) is 21.5. The molecule has 0 spiro atoms. The Hall–Kier alpha value is -3.63. The molecule has 0 bridgehead atoms. The molecule has 0 unspecified atom stereocenters. The lowest BCUT2D eigenvalue weighted by molar-refractivity contribution is 0.206. The van der Waals surface area contributed by atoms with Gasteiger partial charge in [0, 0.05) is 38.4 Å². The van der Waals surface area contributed by atoms with Crippen LogP contribution in [0.15, 0.2) is 64.1 Å². The van der Waals surface area contributed by atoms with Gasteiger partial charge < -0.3 is 14.1 Å². The molecule has 0 saturated carbocycles. The molecule has 2 aromatic heterocycles. The highest BCUT2D eigenvalue weighted by Crippen LogP contribution is 2.23. The van der Waals surface area contributed by atoms with E-state index in [1.165, 1.54) is 17.4 Å². The van der Waals surface area contributed by atoms with Gasteiger partial charge >= 0.3 is 0 Å². The van der Waals surface area contributed by atoms with Crippen LogP contribution in [0.2, 0.25) is 0 Å². The SMILES string of the molecule is N#Cc1ccc(N2CCC(COc3coc(CN4CCc5ccccc5C4)cc3=O)CC2)nc1. The number of nitrogens with zero attached hydrogens (tertiary/aromatic N) is 4. The van der Waals surface area contributed by atoms with Crippen LogP contribution in [0.3, 0.4) is 0 Å². The number of piperidine rings is 1. The second kappa shape index (κ2) is 10.1. The smallest absolute Gasteiger partial charge is 0.227 e. The highest BCUT2D eigenvalue weighted by Gasteiger charge is 2.22. The van der Waals surface area contributed by atoms with Gasteiger partial charge in [-0.3, -0.25) is 9.69 Å². The van der Waals surface area contributed by atoms with Crippen molar-refractivity contribution < 1.29 is 9.15 Å². The Balaban J connectivity index is 1.11. The summed E-state index contributed by atoms with van der Waals surface area (Å²) in [6, 6.07) is 15.9. The van der Waals surface area contributed by atoms with Crippen LogP contribution in [-0.2, 0) is 19.5 Å². The highest BCUT2D eigenvalue weighted by molar-refractivity contribution is 5.42. The molecule has 7 heteroatoms. The Morgan fingerprint density at radius 1 is 1.12 bits per heavy atom. The van der Waals surface area contributed by atoms with Crippen molar-refractivity contribution >= 4 is 5.82 Å². The Morgan fingerprint density at radius 3 is 2.68 bits per heavy atom. The van der Waals surface area contributed by atoms with Gasteiger partial charge in [-0.25, -0.2) is 4.98 Å². The van der Waals surface area contributed by atoms with Crippen molar-refractivity contribution in [1.82, 2.24) is 9.88 Å². The summed E-state index contributed by atoms with van der Waals surface area (Å²) in [6.07, 6.45) is 6.01. The second-order valence-corrected chi connectivity index (χ2v) is 9.06. The van der Waals surface area contributed by atoms with E-state index >= 15 is 0 Å². The number of fused-ring (bicyclic) bond motifs is 1. The van der Waals surface area contributed by atoms with Crippen LogP contribution >= 0.6 is 0 Å². The van der Waals surface area contributed by atoms with Crippen molar-refractivity contribution in [2.45, 2.75) is 32.4 Å². The van der Waals surface area contributed by atoms with Crippen molar-refractivity contribution in [1.29, 1.82) is 5.26 Å². The summed E-state index contributed by atoms with van der Waals surface area (Å²) in [5, 5.41) is 8.92. The predicted molar refractivity (Wildman–Crippen MR) is 129 cm³/mol. The van der Waals surface area contributed by atoms with Crippen LogP contribution in [0.4, 0.5) is 5.82 Å². The Bertz CT molecular complexity index is 1220. The third-order valence-electron chi connectivity index (χ3n) is 6.73. The van der Waals surface area contributed by atoms with E-state index in [0.717, 1.165) is 51.3 Å². The van der Waals surface area contributed by atoms with Crippen molar-refractivity contribution in [2.24, 2.45) is 5.92 Å². The minimum Gasteiger partial charge on any atom is -0.486 e. The van der Waals surface area contributed by atoms with Gasteiger partial charge in [-0.05, 0) is 48.4 Å². The fourth-order valence-electron chi connectivity index (χ4n) is 4.71. The standard InChI is InChI=1S/C27H28N4O3/c28-14-21-5-6-27(29-15-21)31-11-7-20(8-12-31)18-34-26-19-33-24(13-25(26)32)17-30-10-9-22-3-1-2-4-23(22)16-30/h1-6,13,15,19-20H,7-12,16-18H2. The molecule has 0 N–H and O–H groups in total. The Labute approximate surface area is 199 Å². The summed E-state index contributed by atoms with van der Waals surface area (Å²) < 4.78 is 11.6. The lowest BCUT2D eigenvalue weighted by Crippen LogP contribution is -2.36. The van der Waals surface area contributed by atoms with E-state index in [2.05, 4.69) is 45.1 Å². The first-order valence-corrected chi connectivity index (χ1v) is 11.8. The zero-order chi connectivity index (χ0) is 23.3. The summed E-state index contributed by atoms with van der Waals surface area (Å²) in [5.74, 6) is 2.22. The van der Waals surface area contributed by atoms with E-state index in [-0.39, 0.29) is 11.2 Å². The molecule has 1 fully saturated rings. The molecule has 0 atom stereocenters. The number of hydrogen-bond acceptors (Lipinski definition) is 7. The van der Waals surface area contributed by atoms with Gasteiger partial charge in [0.15, 0.2) is 0 Å². The number of nitriles is 1. The van der Waals surface area contributed by atoms with Crippen LogP contribution in [-0.4, -0.2) is 36.1 Å². The number of rotatable bonds is 6. The first kappa shape index (κ1) is 22.2. The van der Waals surface area contributed by atoms with Crippen molar-refractivity contribution in [2.75, 3.05) is 31.1 Å². The average Bonchev–Trinajstić information content (AvgIpc) is 2.88. The van der Waals surface area contributed by atoms with Crippen LogP contribution in [0.25, 0.3) is 0 Å². The number of anilines is 1. The van der Waals surface area contributed by atoms with Gasteiger partial charge in [0.05, 0.1) is 18.7 Å². The minimum absolute atomic E-state index is 0.127. The molecule has 0 amide bonds. The number of pyridine rings is 1. The molecule has 5 rings (SSSR count). The van der Waals surface area contributed by atoms with Gasteiger partial charge in [-0.2, -0.15) is 5.26 Å². The molecule has 0 radical (unpaired) electrons. The molecule has 3 aromatic rings. The molecule has 7 nitrogen and oxygen atoms in total. The van der Waals surface area contributed by atoms with Crippen LogP contribution < -0.4 is 15.1 Å². The summed E-state index contributed by atoms with van der Waals surface area (Å²) in [6.45, 7) is 4.69. The largest absolute Gasteiger partial charge is 0.486 e. The molecule has 1 aromatic carbocycles. The summed E-state index contributed by atoms with van der Waals surface area (Å²) in [5.41, 5.74) is 3.19. The maximum absolute atomic E-state index is 12.6. The third kappa shape index (κ3) is 5.13. The Morgan fingerprint density at radius 2 is 1.94 bits per heavy atom. The van der Waals surface area contributed by atoms with Crippen LogP contribution in [0, 0.1) is 17.2 Å². The highest BCUT2D eigenvalue weighted by atomic mass is 16.5. The molecule has 4 heterocycles. The number of hydrogen-bond donors (Lipinski definition) is 0. The summed E-state index contributed by atoms with van der Waals surface area (Å²) in [7, 11) is 0. The van der Waals surface area contributed by atoms with Gasteiger partial charge in [-0.1, -0.05) is 24.3 Å². The quantitative estimate of drug-likeness (QED) is 0.558. The topological polar surface area (TPSA) is 82.6 Å². The van der Waals surface area contributed by atoms with Gasteiger partial charge in [-0.15, -0.1) is 0 Å². The summed E-state index contributed by atoms with van der Waals surface area (Å²) >= 11 is 0. The second-order valence-electron chi connectivity index (χ2n) is 9.06. The lowest BCUT2D eigenvalue weighted by Gasteiger charge is -2.32. The zero-order valence-corrected chi connectivity index (χ0v) is 19.2. The first-order valence-electron chi connectivity index (χ1n) is 11.8. The number of ether oxygens (including phenoxy) is 1. The fraction of sp³-hybridized carbons (Fsp3) is 0.370. The normalized spacial score (nSPS) is 16.6. The van der Waals surface area contributed by atoms with E-state index in [0.29, 0.717) is 30.4 Å². The minimum atomic E-state index is -0.127. The number of aromatic nitrogens is 1. The monoisotopic (exact) mass is 456 g/mol. The van der Waals surface area contributed by atoms with Crippen LogP contribution in [0.1, 0.15) is 35.3 Å². The maximum atomic E-state index is 12.6. The van der Waals surface area contributed by atoms with Gasteiger partial charge in [0.1, 0.15) is 23.9 Å². The maximum Gasteiger partial charge on any atom is 0.227 e. The fourth-order valence-corrected chi connectivity index (χ4v) is 4.71. The molecule has 2 aliphatic rings. The van der Waals surface area contributed by atoms with E-state index < -0.39 is 0 Å². The lowest BCUT2D eigenvalue weighted by atomic mass is 9.98. The van der Waals surface area contributed by atoms with Crippen LogP contribution in [0.5, 0.6) is 5.75 Å². The van der Waals surface area contributed by atoms with Crippen molar-refractivity contribution in [3.8, 4) is 11.8 Å². The third-order valence-corrected chi connectivity index (χ3v) is 6.73. The Kier molecular flexibility index (Phi) is 6.59. The number of benzene rings is 1. The molecular weight excluding hydrogens is 428 g/mol. The molecule has 34 heavy (non-hydrogen) atoms. The van der Waals surface area contributed by atoms with E-state index in [1.54, 1.807) is 18.3 Å². The zero-order valence-electron chi connectivity index (χ0n) is 19.2. The molecular formula is C27H28N4O3. The van der Waals surface area contributed by atoms with Crippen molar-refractivity contribution in [3.63, 3.8) is 0 Å². The van der Waals surface area contributed by atoms with Gasteiger partial charge in [0.25, 0.3) is 0 Å². The van der Waals surface area contributed by atoms with E-state index in [1.807, 2.05) is 6.07 Å². The molecule has 0 aliphatic carbocycles. The predicted octanol–water partition coefficient (Wildman–Crippen LogP) is 3.76.